The second kappa shape index (κ2) is 7.38. The molecule has 104 valence electrons. The van der Waals surface area contributed by atoms with Crippen LogP contribution in [-0.4, -0.2) is 14.8 Å². The van der Waals surface area contributed by atoms with Crippen LogP contribution in [0.2, 0.25) is 5.79 Å². The van der Waals surface area contributed by atoms with Gasteiger partial charge in [-0.2, -0.15) is 0 Å². The van der Waals surface area contributed by atoms with E-state index < -0.39 is 14.8 Å². The first-order valence-electron chi connectivity index (χ1n) is 7.23. The van der Waals surface area contributed by atoms with Crippen molar-refractivity contribution in [3.63, 3.8) is 0 Å². The fourth-order valence-electron chi connectivity index (χ4n) is 2.20. The third-order valence-corrected chi connectivity index (χ3v) is 4.46. The normalized spacial score (nSPS) is 10.2. The van der Waals surface area contributed by atoms with E-state index in [-0.39, 0.29) is 0 Å². The first kappa shape index (κ1) is 15.0. The summed E-state index contributed by atoms with van der Waals surface area (Å²) in [7, 11) is 0. The van der Waals surface area contributed by atoms with Crippen LogP contribution < -0.4 is 7.58 Å². The van der Waals surface area contributed by atoms with E-state index in [1.807, 2.05) is 36.4 Å². The molecule has 0 amide bonds. The maximum absolute atomic E-state index is 6.06. The number of hydrogen-bond donors (Lipinski definition) is 0. The lowest BCUT2D eigenvalue weighted by Gasteiger charge is -2.17. The number of aryl methyl sites for hydroxylation is 2. The summed E-state index contributed by atoms with van der Waals surface area (Å²) in [6.07, 6.45) is 1.95. The van der Waals surface area contributed by atoms with Crippen LogP contribution in [0.1, 0.15) is 25.0 Å². The number of rotatable bonds is 6. The summed E-state index contributed by atoms with van der Waals surface area (Å²) in [5.41, 5.74) is 2.47. The maximum Gasteiger partial charge on any atom is 0.853 e. The highest BCUT2D eigenvalue weighted by Crippen LogP contribution is 2.22. The Morgan fingerprint density at radius 2 is 1.15 bits per heavy atom. The summed E-state index contributed by atoms with van der Waals surface area (Å²) in [4.78, 5) is 0. The molecule has 2 aromatic rings. The zero-order valence-electron chi connectivity index (χ0n) is 12.4. The lowest BCUT2D eigenvalue weighted by molar-refractivity contribution is 0.426. The zero-order valence-corrected chi connectivity index (χ0v) is 13.6. The minimum absolute atomic E-state index is 0.961. The predicted octanol–water partition coefficient (Wildman–Crippen LogP) is 4.39. The van der Waals surface area contributed by atoms with Crippen molar-refractivity contribution >= 4 is 14.8 Å². The van der Waals surface area contributed by atoms with Gasteiger partial charge in [0, 0.05) is 0 Å². The van der Waals surface area contributed by atoms with Gasteiger partial charge in [-0.25, -0.2) is 0 Å². The summed E-state index contributed by atoms with van der Waals surface area (Å²) in [6.45, 7) is 4.28. The molecule has 0 heterocycles. The molecule has 0 spiro atoms. The lowest BCUT2D eigenvalue weighted by Crippen LogP contribution is -2.26. The third-order valence-electron chi connectivity index (χ3n) is 3.29. The van der Waals surface area contributed by atoms with Crippen molar-refractivity contribution in [3.8, 4) is 11.5 Å². The van der Waals surface area contributed by atoms with Gasteiger partial charge in [-0.05, 0) is 41.9 Å². The zero-order chi connectivity index (χ0) is 14.4. The van der Waals surface area contributed by atoms with Crippen molar-refractivity contribution in [3.05, 3.63) is 59.7 Å². The fraction of sp³-hybridized carbons (Fsp3) is 0.294. The Kier molecular flexibility index (Phi) is 5.52. The summed E-state index contributed by atoms with van der Waals surface area (Å²) in [6, 6.07) is 16.4. The van der Waals surface area contributed by atoms with Gasteiger partial charge in [0.05, 0.1) is 11.5 Å². The van der Waals surface area contributed by atoms with Crippen LogP contribution >= 0.6 is 0 Å². The van der Waals surface area contributed by atoms with Crippen LogP contribution in [0.3, 0.4) is 0 Å². The second-order valence-corrected chi connectivity index (χ2v) is 6.33. The lowest BCUT2D eigenvalue weighted by atomic mass is 10.1. The van der Waals surface area contributed by atoms with E-state index in [2.05, 4.69) is 31.8 Å². The molecule has 0 radical (unpaired) electrons. The number of para-hydroxylation sites is 2. The quantitative estimate of drug-likeness (QED) is 0.733. The van der Waals surface area contributed by atoms with E-state index in [1.54, 1.807) is 0 Å². The molecule has 0 aliphatic carbocycles. The van der Waals surface area contributed by atoms with Gasteiger partial charge in [-0.15, -0.1) is 0 Å². The van der Waals surface area contributed by atoms with Gasteiger partial charge in [0.25, 0.3) is 0 Å². The fourth-order valence-corrected chi connectivity index (χ4v) is 3.43. The average molecular weight is 284 g/mol. The Bertz CT molecular complexity index is 505. The standard InChI is InChI=1S/2C8H10O.CH3.Al/c2*1-2-7-5-3-4-6-8(7)9;;/h2*3-6,9H,2H2,1H3;1H3;/q;;;+2/p-2. The molecule has 20 heavy (non-hydrogen) atoms. The molecule has 2 aromatic carbocycles. The van der Waals surface area contributed by atoms with Gasteiger partial charge in [0.2, 0.25) is 0 Å². The Morgan fingerprint density at radius 1 is 0.750 bits per heavy atom. The molecule has 0 atom stereocenters. The van der Waals surface area contributed by atoms with Crippen LogP contribution in [0.25, 0.3) is 0 Å². The molecule has 0 bridgehead atoms. The van der Waals surface area contributed by atoms with Gasteiger partial charge in [0.1, 0.15) is 0 Å². The van der Waals surface area contributed by atoms with Gasteiger partial charge in [-0.3, -0.25) is 0 Å². The Balaban J connectivity index is 2.07. The molecule has 0 aliphatic heterocycles. The van der Waals surface area contributed by atoms with Crippen LogP contribution in [0.5, 0.6) is 11.5 Å². The Hall–Kier alpha value is -1.43. The van der Waals surface area contributed by atoms with E-state index in [1.165, 1.54) is 11.1 Å². The van der Waals surface area contributed by atoms with Crippen molar-refractivity contribution in [2.75, 3.05) is 0 Å². The van der Waals surface area contributed by atoms with Crippen molar-refractivity contribution in [1.82, 2.24) is 0 Å². The summed E-state index contributed by atoms with van der Waals surface area (Å²) < 4.78 is 12.1. The van der Waals surface area contributed by atoms with E-state index in [4.69, 9.17) is 7.58 Å². The van der Waals surface area contributed by atoms with E-state index in [0.29, 0.717) is 0 Å². The smallest absolute Gasteiger partial charge is 0.612 e. The Labute approximate surface area is 126 Å². The minimum atomic E-state index is -1.74. The third kappa shape index (κ3) is 3.79. The average Bonchev–Trinajstić information content (AvgIpc) is 2.48. The topological polar surface area (TPSA) is 18.5 Å². The first-order chi connectivity index (χ1) is 9.74. The van der Waals surface area contributed by atoms with Crippen LogP contribution in [-0.2, 0) is 12.8 Å². The van der Waals surface area contributed by atoms with E-state index >= 15 is 0 Å². The highest BCUT2D eigenvalue weighted by Gasteiger charge is 2.26. The molecule has 2 rings (SSSR count). The summed E-state index contributed by atoms with van der Waals surface area (Å²) in [5, 5.41) is 0. The largest absolute Gasteiger partial charge is 0.853 e. The van der Waals surface area contributed by atoms with Crippen LogP contribution in [0.4, 0.5) is 0 Å². The van der Waals surface area contributed by atoms with Gasteiger partial charge >= 0.3 is 14.8 Å². The second-order valence-electron chi connectivity index (χ2n) is 4.73. The molecule has 0 saturated heterocycles. The van der Waals surface area contributed by atoms with E-state index in [9.17, 15) is 0 Å². The summed E-state index contributed by atoms with van der Waals surface area (Å²) >= 11 is -1.74. The van der Waals surface area contributed by atoms with Crippen molar-refractivity contribution in [1.29, 1.82) is 0 Å². The Morgan fingerprint density at radius 3 is 1.55 bits per heavy atom. The highest BCUT2D eigenvalue weighted by atomic mass is 27.2. The summed E-state index contributed by atoms with van der Waals surface area (Å²) in [5.74, 6) is 3.99. The van der Waals surface area contributed by atoms with Crippen molar-refractivity contribution in [2.45, 2.75) is 32.5 Å². The maximum atomic E-state index is 6.06. The monoisotopic (exact) mass is 284 g/mol. The first-order valence-corrected chi connectivity index (χ1v) is 9.33. The van der Waals surface area contributed by atoms with Gasteiger partial charge in [0.15, 0.2) is 0 Å². The number of benzene rings is 2. The van der Waals surface area contributed by atoms with Crippen LogP contribution in [0, 0.1) is 0 Å². The molecular formula is C17H21AlO2. The predicted molar refractivity (Wildman–Crippen MR) is 84.5 cm³/mol. The molecule has 2 nitrogen and oxygen atoms in total. The molecule has 0 saturated carbocycles. The van der Waals surface area contributed by atoms with E-state index in [0.717, 1.165) is 24.3 Å². The minimum Gasteiger partial charge on any atom is -0.612 e. The molecule has 0 N–H and O–H groups in total. The van der Waals surface area contributed by atoms with Crippen molar-refractivity contribution in [2.24, 2.45) is 0 Å². The molecule has 0 aromatic heterocycles. The number of hydrogen-bond acceptors (Lipinski definition) is 2. The molecule has 0 aliphatic rings. The molecular weight excluding hydrogens is 263 g/mol. The van der Waals surface area contributed by atoms with Crippen LogP contribution in [0.15, 0.2) is 48.5 Å². The highest BCUT2D eigenvalue weighted by molar-refractivity contribution is 6.44. The molecule has 0 fully saturated rings. The van der Waals surface area contributed by atoms with Crippen molar-refractivity contribution < 1.29 is 7.58 Å². The molecule has 0 unspecified atom stereocenters. The van der Waals surface area contributed by atoms with Gasteiger partial charge < -0.3 is 7.58 Å². The van der Waals surface area contributed by atoms with Gasteiger partial charge in [-0.1, -0.05) is 50.2 Å². The SMILES string of the molecule is CCc1ccccc1[O][Al]([CH3])[O]c1ccccc1CC. The molecule has 3 heteroatoms.